The van der Waals surface area contributed by atoms with Crippen LogP contribution >= 0.6 is 0 Å². The van der Waals surface area contributed by atoms with Gasteiger partial charge in [0.1, 0.15) is 33.7 Å². The molecule has 1 unspecified atom stereocenters. The van der Waals surface area contributed by atoms with Crippen LogP contribution in [0.25, 0.3) is 33.3 Å². The molecule has 5 aromatic rings. The van der Waals surface area contributed by atoms with E-state index in [-0.39, 0.29) is 34.8 Å². The summed E-state index contributed by atoms with van der Waals surface area (Å²) in [7, 11) is -2.14. The van der Waals surface area contributed by atoms with Gasteiger partial charge in [0, 0.05) is 61.9 Å². The second-order valence-electron chi connectivity index (χ2n) is 10.5. The Morgan fingerprint density at radius 1 is 1.07 bits per heavy atom. The summed E-state index contributed by atoms with van der Waals surface area (Å²) in [5.41, 5.74) is 3.02. The van der Waals surface area contributed by atoms with Crippen LogP contribution in [0.3, 0.4) is 0 Å². The number of benzene rings is 3. The Bertz CT molecular complexity index is 1950. The molecule has 0 bridgehead atoms. The van der Waals surface area contributed by atoms with E-state index in [1.165, 1.54) is 41.7 Å². The maximum atomic E-state index is 13.7. The number of rotatable bonds is 7. The number of carbonyl (C=O) groups is 1. The summed E-state index contributed by atoms with van der Waals surface area (Å²) in [4.78, 5) is 13.2. The molecule has 1 amide bonds. The molecule has 1 aliphatic heterocycles. The number of hydrogen-bond donors (Lipinski definition) is 1. The van der Waals surface area contributed by atoms with E-state index < -0.39 is 26.8 Å². The van der Waals surface area contributed by atoms with Gasteiger partial charge in [0.15, 0.2) is 0 Å². The predicted molar refractivity (Wildman–Crippen MR) is 164 cm³/mol. The second kappa shape index (κ2) is 11.3. The van der Waals surface area contributed by atoms with Crippen LogP contribution in [0.15, 0.2) is 80.7 Å². The topological polar surface area (TPSA) is 113 Å². The highest BCUT2D eigenvalue weighted by Gasteiger charge is 2.35. The number of halogens is 1. The molecule has 0 aliphatic carbocycles. The van der Waals surface area contributed by atoms with Crippen molar-refractivity contribution in [3.8, 4) is 11.3 Å². The van der Waals surface area contributed by atoms with Crippen molar-refractivity contribution >= 4 is 54.5 Å². The Morgan fingerprint density at radius 2 is 1.81 bits per heavy atom. The van der Waals surface area contributed by atoms with Crippen molar-refractivity contribution < 1.29 is 30.6 Å². The highest BCUT2D eigenvalue weighted by atomic mass is 32.2. The van der Waals surface area contributed by atoms with Gasteiger partial charge in [0.25, 0.3) is 15.9 Å². The molecule has 9 nitrogen and oxygen atoms in total. The van der Waals surface area contributed by atoms with Gasteiger partial charge < -0.3 is 14.2 Å². The molecule has 0 saturated carbocycles. The van der Waals surface area contributed by atoms with Gasteiger partial charge in [-0.3, -0.25) is 9.10 Å². The summed E-state index contributed by atoms with van der Waals surface area (Å²) in [5, 5.41) is 3.77. The van der Waals surface area contributed by atoms with Crippen LogP contribution in [0, 0.1) is 5.82 Å². The molecule has 0 radical (unpaired) electrons. The van der Waals surface area contributed by atoms with E-state index in [1.54, 1.807) is 41.9 Å². The first-order chi connectivity index (χ1) is 20.6. The average Bonchev–Trinajstić information content (AvgIpc) is 3.62. The summed E-state index contributed by atoms with van der Waals surface area (Å²) in [6.07, 6.45) is 2.82. The Morgan fingerprint density at radius 3 is 2.51 bits per heavy atom. The van der Waals surface area contributed by atoms with Crippen molar-refractivity contribution in [3.63, 3.8) is 0 Å². The lowest BCUT2D eigenvalue weighted by molar-refractivity contribution is 0.0964. The zero-order chi connectivity index (χ0) is 30.5. The molecule has 1 saturated heterocycles. The molecule has 1 aliphatic rings. The van der Waals surface area contributed by atoms with E-state index in [0.29, 0.717) is 52.6 Å². The maximum Gasteiger partial charge on any atom is 0.276 e. The van der Waals surface area contributed by atoms with Crippen molar-refractivity contribution in [3.05, 3.63) is 83.7 Å². The number of anilines is 1. The van der Waals surface area contributed by atoms with Gasteiger partial charge in [-0.1, -0.05) is 18.2 Å². The van der Waals surface area contributed by atoms with Gasteiger partial charge in [-0.25, -0.2) is 17.0 Å². The smallest absolute Gasteiger partial charge is 0.276 e. The van der Waals surface area contributed by atoms with Gasteiger partial charge in [0.2, 0.25) is 5.09 Å². The lowest BCUT2D eigenvalue weighted by atomic mass is 9.89. The molecule has 2 atom stereocenters. The minimum Gasteiger partial charge on any atom is -0.455 e. The third kappa shape index (κ3) is 5.23. The SMILES string of the molecule is CNC(=O)c1c(-c2ccc(F)cc2)oc2cc(N(C)S(C)=O)c([C@H]3CCCN(S(=O)(=O)c4cc5ccccc5o4)C3)cc12. The summed E-state index contributed by atoms with van der Waals surface area (Å²) in [5.74, 6) is -0.810. The number of nitrogens with one attached hydrogen (secondary N) is 1. The molecule has 1 fully saturated rings. The van der Waals surface area contributed by atoms with Crippen LogP contribution in [0.2, 0.25) is 0 Å². The average molecular weight is 624 g/mol. The normalized spacial score (nSPS) is 16.9. The van der Waals surface area contributed by atoms with Crippen molar-refractivity contribution in [1.82, 2.24) is 9.62 Å². The fourth-order valence-electron chi connectivity index (χ4n) is 5.67. The second-order valence-corrected chi connectivity index (χ2v) is 13.8. The van der Waals surface area contributed by atoms with Crippen LogP contribution in [0.1, 0.15) is 34.7 Å². The molecule has 43 heavy (non-hydrogen) atoms. The van der Waals surface area contributed by atoms with E-state index in [1.807, 2.05) is 12.1 Å². The van der Waals surface area contributed by atoms with Gasteiger partial charge in [-0.05, 0) is 60.7 Å². The lowest BCUT2D eigenvalue weighted by Crippen LogP contribution is -2.39. The van der Waals surface area contributed by atoms with Crippen molar-refractivity contribution in [2.45, 2.75) is 23.9 Å². The highest BCUT2D eigenvalue weighted by Crippen LogP contribution is 2.42. The van der Waals surface area contributed by atoms with E-state index >= 15 is 0 Å². The van der Waals surface area contributed by atoms with E-state index in [9.17, 15) is 21.8 Å². The van der Waals surface area contributed by atoms with Crippen LogP contribution in [-0.2, 0) is 21.0 Å². The number of sulfonamides is 1. The molecule has 2 aromatic heterocycles. The number of para-hydroxylation sites is 1. The summed E-state index contributed by atoms with van der Waals surface area (Å²) in [6, 6.07) is 17.9. The number of furan rings is 2. The zero-order valence-corrected chi connectivity index (χ0v) is 25.4. The van der Waals surface area contributed by atoms with Crippen LogP contribution in [0.5, 0.6) is 0 Å². The molecule has 3 heterocycles. The van der Waals surface area contributed by atoms with Crippen molar-refractivity contribution in [2.75, 3.05) is 37.7 Å². The molecule has 0 spiro atoms. The molecule has 224 valence electrons. The number of amides is 1. The quantitative estimate of drug-likeness (QED) is 0.251. The highest BCUT2D eigenvalue weighted by molar-refractivity contribution is 7.89. The number of fused-ring (bicyclic) bond motifs is 2. The van der Waals surface area contributed by atoms with E-state index in [2.05, 4.69) is 5.32 Å². The number of carbonyl (C=O) groups excluding carboxylic acids is 1. The van der Waals surface area contributed by atoms with E-state index in [0.717, 1.165) is 5.56 Å². The summed E-state index contributed by atoms with van der Waals surface area (Å²) >= 11 is 0. The first-order valence-electron chi connectivity index (χ1n) is 13.7. The first kappa shape index (κ1) is 29.1. The fraction of sp³-hybridized carbons (Fsp3) is 0.258. The van der Waals surface area contributed by atoms with Crippen molar-refractivity contribution in [1.29, 1.82) is 0 Å². The lowest BCUT2D eigenvalue weighted by Gasteiger charge is -2.33. The molecular formula is C31H30FN3O6S2. The largest absolute Gasteiger partial charge is 0.455 e. The Balaban J connectivity index is 1.47. The predicted octanol–water partition coefficient (Wildman–Crippen LogP) is 5.64. The standard InChI is InChI=1S/C31H30FN3O6S2/c1-33-31(36)29-24-16-23(25(34(2)42(3)37)17-27(24)41-30(29)19-10-12-22(32)13-11-19)21-8-6-14-35(18-21)43(38,39)28-15-20-7-4-5-9-26(20)40-28/h4-5,7,9-13,15-17,21H,6,8,14,18H2,1-3H3,(H,33,36)/t21-,42?/m0/s1. The van der Waals surface area contributed by atoms with Gasteiger partial charge in [-0.15, -0.1) is 0 Å². The first-order valence-corrected chi connectivity index (χ1v) is 16.7. The third-order valence-electron chi connectivity index (χ3n) is 7.94. The number of nitrogens with zero attached hydrogens (tertiary/aromatic N) is 2. The summed E-state index contributed by atoms with van der Waals surface area (Å²) < 4.78 is 68.7. The molecule has 1 N–H and O–H groups in total. The molecule has 12 heteroatoms. The molecule has 6 rings (SSSR count). The Kier molecular flexibility index (Phi) is 7.61. The van der Waals surface area contributed by atoms with Crippen LogP contribution in [0.4, 0.5) is 10.1 Å². The van der Waals surface area contributed by atoms with Gasteiger partial charge in [0.05, 0.1) is 11.3 Å². The van der Waals surface area contributed by atoms with Crippen LogP contribution in [-0.4, -0.2) is 56.3 Å². The maximum absolute atomic E-state index is 13.7. The minimum atomic E-state index is -3.94. The van der Waals surface area contributed by atoms with Gasteiger partial charge in [-0.2, -0.15) is 4.31 Å². The summed E-state index contributed by atoms with van der Waals surface area (Å²) in [6.45, 7) is 0.493. The van der Waals surface area contributed by atoms with Gasteiger partial charge >= 0.3 is 0 Å². The van der Waals surface area contributed by atoms with Crippen molar-refractivity contribution in [2.24, 2.45) is 0 Å². The molecular weight excluding hydrogens is 593 g/mol. The minimum absolute atomic E-state index is 0.113. The van der Waals surface area contributed by atoms with E-state index in [4.69, 9.17) is 8.83 Å². The number of piperidine rings is 1. The van der Waals surface area contributed by atoms with Crippen LogP contribution < -0.4 is 9.62 Å². The monoisotopic (exact) mass is 623 g/mol. The fourth-order valence-corrected chi connectivity index (χ4v) is 7.57. The number of hydrogen-bond acceptors (Lipinski definition) is 6. The zero-order valence-electron chi connectivity index (χ0n) is 23.8. The molecule has 3 aromatic carbocycles. The Labute approximate surface area is 250 Å². The third-order valence-corrected chi connectivity index (χ3v) is 10.6. The Hall–Kier alpha value is -4.00.